The Hall–Kier alpha value is -3.72. The highest BCUT2D eigenvalue weighted by Gasteiger charge is 2.12. The van der Waals surface area contributed by atoms with Crippen molar-refractivity contribution in [2.24, 2.45) is 0 Å². The van der Waals surface area contributed by atoms with Gasteiger partial charge in [-0.15, -0.1) is 11.8 Å². The summed E-state index contributed by atoms with van der Waals surface area (Å²) in [6.07, 6.45) is 0. The number of anilines is 1. The second-order valence-electron chi connectivity index (χ2n) is 6.91. The summed E-state index contributed by atoms with van der Waals surface area (Å²) in [5, 5.41) is 16.3. The summed E-state index contributed by atoms with van der Waals surface area (Å²) in [6, 6.07) is 18.1. The maximum Gasteiger partial charge on any atom is 0.269 e. The van der Waals surface area contributed by atoms with Gasteiger partial charge in [-0.25, -0.2) is 4.39 Å². The molecule has 1 atom stereocenters. The molecule has 164 valence electrons. The Morgan fingerprint density at radius 3 is 2.22 bits per heavy atom. The topological polar surface area (TPSA) is 101 Å². The largest absolute Gasteiger partial charge is 0.349 e. The molecule has 2 amide bonds. The number of nitrogens with zero attached hydrogens (tertiary/aromatic N) is 1. The monoisotopic (exact) mass is 453 g/mol. The Labute approximate surface area is 188 Å². The number of amides is 2. The number of benzene rings is 3. The normalized spacial score (nSPS) is 11.4. The first-order valence-corrected chi connectivity index (χ1v) is 10.6. The summed E-state index contributed by atoms with van der Waals surface area (Å²) < 4.78 is 13.0. The van der Waals surface area contributed by atoms with Crippen LogP contribution in [-0.2, 0) is 4.79 Å². The third-order valence-electron chi connectivity index (χ3n) is 4.57. The van der Waals surface area contributed by atoms with E-state index in [4.69, 9.17) is 0 Å². The third kappa shape index (κ3) is 6.39. The summed E-state index contributed by atoms with van der Waals surface area (Å²) in [4.78, 5) is 35.4. The van der Waals surface area contributed by atoms with E-state index >= 15 is 0 Å². The van der Waals surface area contributed by atoms with E-state index < -0.39 is 10.7 Å². The van der Waals surface area contributed by atoms with Gasteiger partial charge in [0.2, 0.25) is 5.91 Å². The highest BCUT2D eigenvalue weighted by atomic mass is 32.2. The Morgan fingerprint density at radius 1 is 1.00 bits per heavy atom. The minimum Gasteiger partial charge on any atom is -0.349 e. The molecule has 0 radical (unpaired) electrons. The van der Waals surface area contributed by atoms with Crippen molar-refractivity contribution in [2.45, 2.75) is 17.9 Å². The number of carbonyl (C=O) groups is 2. The number of halogens is 1. The molecule has 1 unspecified atom stereocenters. The molecular weight excluding hydrogens is 433 g/mol. The Bertz CT molecular complexity index is 1100. The molecule has 3 aromatic rings. The Kier molecular flexibility index (Phi) is 7.56. The summed E-state index contributed by atoms with van der Waals surface area (Å²) in [5.41, 5.74) is 1.79. The smallest absolute Gasteiger partial charge is 0.269 e. The fourth-order valence-corrected chi connectivity index (χ4v) is 3.55. The van der Waals surface area contributed by atoms with Crippen molar-refractivity contribution < 1.29 is 18.9 Å². The van der Waals surface area contributed by atoms with E-state index in [1.54, 1.807) is 36.4 Å². The van der Waals surface area contributed by atoms with Gasteiger partial charge in [0.05, 0.1) is 16.7 Å². The van der Waals surface area contributed by atoms with Gasteiger partial charge >= 0.3 is 0 Å². The first-order chi connectivity index (χ1) is 15.3. The quantitative estimate of drug-likeness (QED) is 0.285. The third-order valence-corrected chi connectivity index (χ3v) is 5.58. The van der Waals surface area contributed by atoms with Gasteiger partial charge in [0, 0.05) is 28.3 Å². The molecular formula is C23H20FN3O4S. The van der Waals surface area contributed by atoms with Crippen LogP contribution in [0.2, 0.25) is 0 Å². The summed E-state index contributed by atoms with van der Waals surface area (Å²) in [6.45, 7) is 1.85. The molecule has 0 aliphatic heterocycles. The molecule has 9 heteroatoms. The lowest BCUT2D eigenvalue weighted by Gasteiger charge is -2.15. The lowest BCUT2D eigenvalue weighted by molar-refractivity contribution is -0.384. The van der Waals surface area contributed by atoms with E-state index in [9.17, 15) is 24.1 Å². The van der Waals surface area contributed by atoms with Crippen LogP contribution in [0.5, 0.6) is 0 Å². The average Bonchev–Trinajstić information content (AvgIpc) is 2.78. The number of non-ortho nitro benzene ring substituents is 1. The first kappa shape index (κ1) is 23.0. The molecule has 0 fully saturated rings. The molecule has 0 heterocycles. The zero-order valence-corrected chi connectivity index (χ0v) is 17.9. The van der Waals surface area contributed by atoms with Crippen molar-refractivity contribution in [2.75, 3.05) is 11.1 Å². The van der Waals surface area contributed by atoms with Gasteiger partial charge in [-0.2, -0.15) is 0 Å². The number of carbonyl (C=O) groups excluding carboxylic acids is 2. The first-order valence-electron chi connectivity index (χ1n) is 9.65. The van der Waals surface area contributed by atoms with E-state index in [0.29, 0.717) is 11.3 Å². The lowest BCUT2D eigenvalue weighted by Crippen LogP contribution is -2.28. The predicted molar refractivity (Wildman–Crippen MR) is 121 cm³/mol. The average molecular weight is 453 g/mol. The highest BCUT2D eigenvalue weighted by Crippen LogP contribution is 2.22. The molecule has 0 aliphatic carbocycles. The highest BCUT2D eigenvalue weighted by molar-refractivity contribution is 8.00. The van der Waals surface area contributed by atoms with Crippen LogP contribution in [-0.4, -0.2) is 22.5 Å². The second kappa shape index (κ2) is 10.5. The van der Waals surface area contributed by atoms with Gasteiger partial charge in [-0.3, -0.25) is 19.7 Å². The molecule has 3 aromatic carbocycles. The fraction of sp³-hybridized carbons (Fsp3) is 0.130. The zero-order valence-electron chi connectivity index (χ0n) is 17.1. The van der Waals surface area contributed by atoms with Gasteiger partial charge < -0.3 is 10.6 Å². The van der Waals surface area contributed by atoms with Gasteiger partial charge in [0.1, 0.15) is 5.82 Å². The number of hydrogen-bond acceptors (Lipinski definition) is 5. The van der Waals surface area contributed by atoms with E-state index in [1.807, 2.05) is 6.92 Å². The molecule has 0 bridgehead atoms. The van der Waals surface area contributed by atoms with Crippen LogP contribution in [0, 0.1) is 15.9 Å². The van der Waals surface area contributed by atoms with E-state index in [-0.39, 0.29) is 29.3 Å². The van der Waals surface area contributed by atoms with Crippen LogP contribution < -0.4 is 10.6 Å². The number of thioether (sulfide) groups is 1. The molecule has 0 saturated heterocycles. The molecule has 2 N–H and O–H groups in total. The number of hydrogen-bond donors (Lipinski definition) is 2. The summed E-state index contributed by atoms with van der Waals surface area (Å²) >= 11 is 1.29. The van der Waals surface area contributed by atoms with Crippen LogP contribution in [0.1, 0.15) is 28.9 Å². The molecule has 3 rings (SSSR count). The maximum absolute atomic E-state index is 13.0. The lowest BCUT2D eigenvalue weighted by atomic mass is 10.1. The number of rotatable bonds is 8. The minimum absolute atomic E-state index is 0.00438. The van der Waals surface area contributed by atoms with Gasteiger partial charge in [-0.05, 0) is 61.0 Å². The minimum atomic E-state index is -0.470. The summed E-state index contributed by atoms with van der Waals surface area (Å²) in [7, 11) is 0. The standard InChI is InChI=1S/C23H20FN3O4S/c1-15(25-22(28)14-32-21-12-10-20(11-13-21)27(30)31)16-4-8-19(9-5-16)26-23(29)17-2-6-18(24)7-3-17/h2-13,15H,14H2,1H3,(H,25,28)(H,26,29). The van der Waals surface area contributed by atoms with Crippen LogP contribution in [0.25, 0.3) is 0 Å². The molecule has 32 heavy (non-hydrogen) atoms. The van der Waals surface area contributed by atoms with Crippen molar-refractivity contribution >= 4 is 35.0 Å². The number of nitrogens with one attached hydrogen (secondary N) is 2. The number of nitro groups is 1. The summed E-state index contributed by atoms with van der Waals surface area (Å²) in [5.74, 6) is -0.751. The molecule has 0 saturated carbocycles. The fourth-order valence-electron chi connectivity index (χ4n) is 2.84. The van der Waals surface area contributed by atoms with E-state index in [2.05, 4.69) is 10.6 Å². The van der Waals surface area contributed by atoms with Gasteiger partial charge in [0.25, 0.3) is 11.6 Å². The zero-order chi connectivity index (χ0) is 23.1. The Balaban J connectivity index is 1.49. The van der Waals surface area contributed by atoms with Gasteiger partial charge in [-0.1, -0.05) is 12.1 Å². The maximum atomic E-state index is 13.0. The second-order valence-corrected chi connectivity index (χ2v) is 7.96. The van der Waals surface area contributed by atoms with Crippen LogP contribution in [0.3, 0.4) is 0 Å². The van der Waals surface area contributed by atoms with Crippen molar-refractivity contribution in [3.63, 3.8) is 0 Å². The SMILES string of the molecule is CC(NC(=O)CSc1ccc([N+](=O)[O-])cc1)c1ccc(NC(=O)c2ccc(F)cc2)cc1. The van der Waals surface area contributed by atoms with Crippen LogP contribution >= 0.6 is 11.8 Å². The molecule has 0 spiro atoms. The van der Waals surface area contributed by atoms with Crippen molar-refractivity contribution in [1.29, 1.82) is 0 Å². The van der Waals surface area contributed by atoms with Crippen LogP contribution in [0.4, 0.5) is 15.8 Å². The van der Waals surface area contributed by atoms with Crippen molar-refractivity contribution in [3.05, 3.63) is 99.9 Å². The molecule has 0 aromatic heterocycles. The number of nitro benzene ring substituents is 1. The van der Waals surface area contributed by atoms with Crippen LogP contribution in [0.15, 0.2) is 77.7 Å². The van der Waals surface area contributed by atoms with Crippen molar-refractivity contribution in [3.8, 4) is 0 Å². The van der Waals surface area contributed by atoms with Crippen molar-refractivity contribution in [1.82, 2.24) is 5.32 Å². The molecule has 0 aliphatic rings. The Morgan fingerprint density at radius 2 is 1.62 bits per heavy atom. The predicted octanol–water partition coefficient (Wildman–Crippen LogP) is 4.96. The molecule has 7 nitrogen and oxygen atoms in total. The van der Waals surface area contributed by atoms with Gasteiger partial charge in [0.15, 0.2) is 0 Å². The van der Waals surface area contributed by atoms with E-state index in [1.165, 1.54) is 48.2 Å². The van der Waals surface area contributed by atoms with E-state index in [0.717, 1.165) is 10.5 Å².